The maximum absolute atomic E-state index is 12.1. The highest BCUT2D eigenvalue weighted by atomic mass is 16.5. The summed E-state index contributed by atoms with van der Waals surface area (Å²) < 4.78 is 5.66. The fourth-order valence-corrected chi connectivity index (χ4v) is 2.07. The molecule has 1 heterocycles. The van der Waals surface area contributed by atoms with E-state index in [2.05, 4.69) is 21.7 Å². The normalized spacial score (nSPS) is 10.1. The van der Waals surface area contributed by atoms with Crippen LogP contribution in [-0.2, 0) is 6.42 Å². The highest BCUT2D eigenvalue weighted by Crippen LogP contribution is 2.26. The molecule has 1 aromatic heterocycles. The van der Waals surface area contributed by atoms with Crippen LogP contribution in [0.3, 0.4) is 0 Å². The van der Waals surface area contributed by atoms with E-state index >= 15 is 0 Å². The van der Waals surface area contributed by atoms with Gasteiger partial charge in [-0.05, 0) is 44.2 Å². The molecule has 6 nitrogen and oxygen atoms in total. The summed E-state index contributed by atoms with van der Waals surface area (Å²) in [6.45, 7) is 4.25. The molecule has 1 aromatic carbocycles. The smallest absolute Gasteiger partial charge is 0.319 e. The van der Waals surface area contributed by atoms with E-state index in [-0.39, 0.29) is 12.1 Å². The molecule has 0 aliphatic heterocycles. The van der Waals surface area contributed by atoms with E-state index in [1.54, 1.807) is 24.4 Å². The van der Waals surface area contributed by atoms with Crippen LogP contribution in [0.25, 0.3) is 0 Å². The number of hydrogen-bond acceptors (Lipinski definition) is 4. The average molecular weight is 324 g/mol. The van der Waals surface area contributed by atoms with E-state index in [1.165, 1.54) is 0 Å². The van der Waals surface area contributed by atoms with Gasteiger partial charge in [-0.2, -0.15) is 5.26 Å². The predicted octanol–water partition coefficient (Wildman–Crippen LogP) is 3.10. The van der Waals surface area contributed by atoms with Crippen LogP contribution in [0.2, 0.25) is 0 Å². The largest absolute Gasteiger partial charge is 0.489 e. The van der Waals surface area contributed by atoms with Gasteiger partial charge >= 0.3 is 6.03 Å². The summed E-state index contributed by atoms with van der Waals surface area (Å²) in [4.78, 5) is 16.3. The van der Waals surface area contributed by atoms with Crippen LogP contribution in [0.1, 0.15) is 25.1 Å². The molecule has 0 atom stereocenters. The van der Waals surface area contributed by atoms with Crippen molar-refractivity contribution < 1.29 is 9.53 Å². The van der Waals surface area contributed by atoms with Gasteiger partial charge in [0, 0.05) is 24.9 Å². The summed E-state index contributed by atoms with van der Waals surface area (Å²) in [6, 6.07) is 12.3. The van der Waals surface area contributed by atoms with Crippen LogP contribution in [0.15, 0.2) is 42.6 Å². The second-order valence-electron chi connectivity index (χ2n) is 5.44. The SMILES string of the molecule is CC(C)Oc1ccc(C#N)cc1NC(=O)NCCc1ccccn1. The third-order valence-corrected chi connectivity index (χ3v) is 3.11. The lowest BCUT2D eigenvalue weighted by Gasteiger charge is -2.15. The van der Waals surface area contributed by atoms with E-state index in [1.807, 2.05) is 32.0 Å². The van der Waals surface area contributed by atoms with Gasteiger partial charge in [-0.15, -0.1) is 0 Å². The van der Waals surface area contributed by atoms with Gasteiger partial charge in [-0.25, -0.2) is 4.79 Å². The molecule has 0 aliphatic rings. The van der Waals surface area contributed by atoms with Gasteiger partial charge in [-0.3, -0.25) is 4.98 Å². The quantitative estimate of drug-likeness (QED) is 0.854. The second kappa shape index (κ2) is 8.53. The third-order valence-electron chi connectivity index (χ3n) is 3.11. The van der Waals surface area contributed by atoms with Gasteiger partial charge in [0.25, 0.3) is 0 Å². The average Bonchev–Trinajstić information content (AvgIpc) is 2.57. The lowest BCUT2D eigenvalue weighted by atomic mass is 10.2. The Bertz CT molecular complexity index is 724. The standard InChI is InChI=1S/C18H20N4O2/c1-13(2)24-17-7-6-14(12-19)11-16(17)22-18(23)21-10-8-15-5-3-4-9-20-15/h3-7,9,11,13H,8,10H2,1-2H3,(H2,21,22,23). The summed E-state index contributed by atoms with van der Waals surface area (Å²) in [7, 11) is 0. The summed E-state index contributed by atoms with van der Waals surface area (Å²) in [5, 5.41) is 14.5. The van der Waals surface area contributed by atoms with Crippen LogP contribution in [0.5, 0.6) is 5.75 Å². The second-order valence-corrected chi connectivity index (χ2v) is 5.44. The fourth-order valence-electron chi connectivity index (χ4n) is 2.07. The number of carbonyl (C=O) groups is 1. The number of anilines is 1. The molecule has 2 rings (SSSR count). The van der Waals surface area contributed by atoms with Crippen molar-refractivity contribution in [2.75, 3.05) is 11.9 Å². The van der Waals surface area contributed by atoms with Crippen LogP contribution in [-0.4, -0.2) is 23.7 Å². The molecular formula is C18H20N4O2. The van der Waals surface area contributed by atoms with E-state index < -0.39 is 0 Å². The maximum Gasteiger partial charge on any atom is 0.319 e. The first-order valence-electron chi connectivity index (χ1n) is 7.74. The van der Waals surface area contributed by atoms with Crippen LogP contribution < -0.4 is 15.4 Å². The zero-order valence-corrected chi connectivity index (χ0v) is 13.7. The Labute approximate surface area is 141 Å². The van der Waals surface area contributed by atoms with Gasteiger partial charge < -0.3 is 15.4 Å². The fraction of sp³-hybridized carbons (Fsp3) is 0.278. The molecule has 0 aliphatic carbocycles. The Morgan fingerprint density at radius 2 is 2.17 bits per heavy atom. The van der Waals surface area contributed by atoms with Crippen LogP contribution >= 0.6 is 0 Å². The highest BCUT2D eigenvalue weighted by molar-refractivity contribution is 5.91. The van der Waals surface area contributed by atoms with Crippen molar-refractivity contribution in [2.45, 2.75) is 26.4 Å². The minimum atomic E-state index is -0.352. The molecule has 0 spiro atoms. The Balaban J connectivity index is 1.96. The van der Waals surface area contributed by atoms with Crippen molar-refractivity contribution in [2.24, 2.45) is 0 Å². The monoisotopic (exact) mass is 324 g/mol. The Kier molecular flexibility index (Phi) is 6.15. The van der Waals surface area contributed by atoms with Gasteiger partial charge in [0.05, 0.1) is 23.4 Å². The van der Waals surface area contributed by atoms with Crippen molar-refractivity contribution in [3.05, 3.63) is 53.9 Å². The van der Waals surface area contributed by atoms with E-state index in [0.29, 0.717) is 30.0 Å². The minimum Gasteiger partial charge on any atom is -0.489 e. The first kappa shape index (κ1) is 17.3. The number of nitrogens with one attached hydrogen (secondary N) is 2. The first-order valence-corrected chi connectivity index (χ1v) is 7.74. The molecule has 0 unspecified atom stereocenters. The molecule has 0 saturated heterocycles. The van der Waals surface area contributed by atoms with Crippen molar-refractivity contribution in [3.63, 3.8) is 0 Å². The zero-order valence-electron chi connectivity index (χ0n) is 13.7. The van der Waals surface area contributed by atoms with Crippen molar-refractivity contribution in [1.29, 1.82) is 5.26 Å². The summed E-state index contributed by atoms with van der Waals surface area (Å²) in [5.74, 6) is 0.531. The van der Waals surface area contributed by atoms with Crippen LogP contribution in [0.4, 0.5) is 10.5 Å². The number of nitrogens with zero attached hydrogens (tertiary/aromatic N) is 2. The van der Waals surface area contributed by atoms with E-state index in [0.717, 1.165) is 5.69 Å². The van der Waals surface area contributed by atoms with Crippen LogP contribution in [0, 0.1) is 11.3 Å². The van der Waals surface area contributed by atoms with E-state index in [4.69, 9.17) is 10.00 Å². The number of ether oxygens (including phenoxy) is 1. The number of urea groups is 1. The van der Waals surface area contributed by atoms with Gasteiger partial charge in [0.1, 0.15) is 5.75 Å². The number of nitriles is 1. The first-order chi connectivity index (χ1) is 11.6. The maximum atomic E-state index is 12.1. The molecule has 6 heteroatoms. The lowest BCUT2D eigenvalue weighted by Crippen LogP contribution is -2.30. The molecule has 124 valence electrons. The van der Waals surface area contributed by atoms with Gasteiger partial charge in [0.2, 0.25) is 0 Å². The predicted molar refractivity (Wildman–Crippen MR) is 91.9 cm³/mol. The Morgan fingerprint density at radius 1 is 1.33 bits per heavy atom. The minimum absolute atomic E-state index is 0.0364. The third kappa shape index (κ3) is 5.29. The molecule has 0 fully saturated rings. The van der Waals surface area contributed by atoms with Gasteiger partial charge in [0.15, 0.2) is 0 Å². The molecular weight excluding hydrogens is 304 g/mol. The number of aromatic nitrogens is 1. The molecule has 0 bridgehead atoms. The number of amides is 2. The molecule has 2 N–H and O–H groups in total. The topological polar surface area (TPSA) is 87.0 Å². The Morgan fingerprint density at radius 3 is 2.83 bits per heavy atom. The number of benzene rings is 1. The zero-order chi connectivity index (χ0) is 17.4. The number of rotatable bonds is 6. The van der Waals surface area contributed by atoms with Crippen molar-refractivity contribution in [1.82, 2.24) is 10.3 Å². The molecule has 0 radical (unpaired) electrons. The molecule has 24 heavy (non-hydrogen) atoms. The number of hydrogen-bond donors (Lipinski definition) is 2. The Hall–Kier alpha value is -3.07. The molecule has 2 aromatic rings. The summed E-state index contributed by atoms with van der Waals surface area (Å²) in [5.41, 5.74) is 1.83. The number of carbonyl (C=O) groups excluding carboxylic acids is 1. The molecule has 0 saturated carbocycles. The highest BCUT2D eigenvalue weighted by Gasteiger charge is 2.10. The molecule has 2 amide bonds. The summed E-state index contributed by atoms with van der Waals surface area (Å²) in [6.07, 6.45) is 2.32. The van der Waals surface area contributed by atoms with Gasteiger partial charge in [-0.1, -0.05) is 6.07 Å². The summed E-state index contributed by atoms with van der Waals surface area (Å²) >= 11 is 0. The van der Waals surface area contributed by atoms with E-state index in [9.17, 15) is 4.79 Å². The number of pyridine rings is 1. The lowest BCUT2D eigenvalue weighted by molar-refractivity contribution is 0.241. The van der Waals surface area contributed by atoms with Crippen molar-refractivity contribution >= 4 is 11.7 Å². The van der Waals surface area contributed by atoms with Crippen molar-refractivity contribution in [3.8, 4) is 11.8 Å².